The van der Waals surface area contributed by atoms with Crippen molar-refractivity contribution in [2.24, 2.45) is 5.92 Å². The quantitative estimate of drug-likeness (QED) is 0.518. The predicted octanol–water partition coefficient (Wildman–Crippen LogP) is 4.79. The van der Waals surface area contributed by atoms with Crippen molar-refractivity contribution in [3.63, 3.8) is 0 Å². The number of hydrogen-bond acceptors (Lipinski definition) is 6. The number of benzene rings is 1. The summed E-state index contributed by atoms with van der Waals surface area (Å²) in [5.41, 5.74) is 2.11. The van der Waals surface area contributed by atoms with Crippen LogP contribution in [0.2, 0.25) is 5.02 Å². The number of halogens is 2. The van der Waals surface area contributed by atoms with Crippen molar-refractivity contribution in [2.45, 2.75) is 51.3 Å². The minimum Gasteiger partial charge on any atom is -0.437 e. The first-order valence-corrected chi connectivity index (χ1v) is 11.8. The molecule has 0 bridgehead atoms. The highest BCUT2D eigenvalue weighted by Crippen LogP contribution is 2.37. The van der Waals surface area contributed by atoms with Crippen LogP contribution in [0.4, 0.5) is 0 Å². The predicted molar refractivity (Wildman–Crippen MR) is 122 cm³/mol. The second kappa shape index (κ2) is 8.31. The van der Waals surface area contributed by atoms with Gasteiger partial charge in [0.2, 0.25) is 5.88 Å². The second-order valence-corrected chi connectivity index (χ2v) is 10.2. The van der Waals surface area contributed by atoms with Gasteiger partial charge in [0, 0.05) is 37.9 Å². The molecule has 0 amide bonds. The summed E-state index contributed by atoms with van der Waals surface area (Å²) in [6.07, 6.45) is 5.62. The standard InChI is InChI=1S/C22H25BrClN5O2/c1-22(30)6-8-28(9-7-22)13-15-10-16(24)11-25-21(15)31-18-5-4-17-20(19(18)23)26-27-29(17)12-14-2-3-14/h4-5,10-11,14,30H,2-3,6-9,12-13H2,1H3. The molecule has 1 saturated carbocycles. The number of nitrogens with zero attached hydrogens (tertiary/aromatic N) is 5. The maximum atomic E-state index is 10.2. The zero-order valence-corrected chi connectivity index (χ0v) is 19.7. The number of pyridine rings is 1. The SMILES string of the molecule is CC1(O)CCN(Cc2cc(Cl)cnc2Oc2ccc3c(nnn3CC3CC3)c2Br)CC1. The summed E-state index contributed by atoms with van der Waals surface area (Å²) in [5, 5.41) is 19.5. The van der Waals surface area contributed by atoms with E-state index in [9.17, 15) is 5.11 Å². The Kier molecular flexibility index (Phi) is 5.66. The van der Waals surface area contributed by atoms with Gasteiger partial charge in [0.05, 0.1) is 20.6 Å². The van der Waals surface area contributed by atoms with Crippen molar-refractivity contribution in [3.8, 4) is 11.6 Å². The fourth-order valence-electron chi connectivity index (χ4n) is 3.96. The van der Waals surface area contributed by atoms with E-state index in [2.05, 4.69) is 36.1 Å². The van der Waals surface area contributed by atoms with Crippen LogP contribution in [0.25, 0.3) is 11.0 Å². The number of aromatic nitrogens is 4. The number of hydrogen-bond donors (Lipinski definition) is 1. The lowest BCUT2D eigenvalue weighted by Gasteiger charge is -2.35. The minimum atomic E-state index is -0.584. The Bertz CT molecular complexity index is 1100. The summed E-state index contributed by atoms with van der Waals surface area (Å²) in [4.78, 5) is 6.74. The largest absolute Gasteiger partial charge is 0.437 e. The maximum absolute atomic E-state index is 10.2. The third-order valence-electron chi connectivity index (χ3n) is 6.14. The van der Waals surface area contributed by atoms with Crippen LogP contribution in [0.1, 0.15) is 38.2 Å². The van der Waals surface area contributed by atoms with Crippen LogP contribution in [0.5, 0.6) is 11.6 Å². The average molecular weight is 507 g/mol. The van der Waals surface area contributed by atoms with E-state index >= 15 is 0 Å². The van der Waals surface area contributed by atoms with Crippen LogP contribution in [0.3, 0.4) is 0 Å². The fraction of sp³-hybridized carbons (Fsp3) is 0.500. The minimum absolute atomic E-state index is 0.521. The Labute approximate surface area is 194 Å². The molecule has 31 heavy (non-hydrogen) atoms. The highest BCUT2D eigenvalue weighted by atomic mass is 79.9. The van der Waals surface area contributed by atoms with Crippen LogP contribution >= 0.6 is 27.5 Å². The van der Waals surface area contributed by atoms with Gasteiger partial charge in [0.25, 0.3) is 0 Å². The molecule has 1 N–H and O–H groups in total. The first-order valence-electron chi connectivity index (χ1n) is 10.7. The van der Waals surface area contributed by atoms with Gasteiger partial charge in [-0.05, 0) is 72.7 Å². The van der Waals surface area contributed by atoms with Gasteiger partial charge in [-0.25, -0.2) is 9.67 Å². The van der Waals surface area contributed by atoms with Crippen LogP contribution in [-0.2, 0) is 13.1 Å². The van der Waals surface area contributed by atoms with E-state index in [1.165, 1.54) is 12.8 Å². The van der Waals surface area contributed by atoms with Crippen molar-refractivity contribution in [2.75, 3.05) is 13.1 Å². The summed E-state index contributed by atoms with van der Waals surface area (Å²) in [7, 11) is 0. The number of rotatable bonds is 6. The zero-order valence-electron chi connectivity index (χ0n) is 17.4. The maximum Gasteiger partial charge on any atom is 0.223 e. The molecule has 1 aromatic carbocycles. The highest BCUT2D eigenvalue weighted by Gasteiger charge is 2.28. The lowest BCUT2D eigenvalue weighted by Crippen LogP contribution is -2.42. The number of aliphatic hydroxyl groups is 1. The Morgan fingerprint density at radius 3 is 2.81 bits per heavy atom. The van der Waals surface area contributed by atoms with Gasteiger partial charge >= 0.3 is 0 Å². The van der Waals surface area contributed by atoms with Gasteiger partial charge in [-0.3, -0.25) is 4.90 Å². The molecular formula is C22H25BrClN5O2. The van der Waals surface area contributed by atoms with Gasteiger partial charge in [-0.2, -0.15) is 0 Å². The van der Waals surface area contributed by atoms with Crippen molar-refractivity contribution in [1.29, 1.82) is 0 Å². The Hall–Kier alpha value is -1.74. The Morgan fingerprint density at radius 1 is 1.29 bits per heavy atom. The van der Waals surface area contributed by atoms with E-state index in [4.69, 9.17) is 16.3 Å². The topological polar surface area (TPSA) is 76.3 Å². The smallest absolute Gasteiger partial charge is 0.223 e. The van der Waals surface area contributed by atoms with Crippen molar-refractivity contribution >= 4 is 38.6 Å². The zero-order chi connectivity index (χ0) is 21.6. The van der Waals surface area contributed by atoms with Crippen LogP contribution in [0, 0.1) is 5.92 Å². The van der Waals surface area contributed by atoms with Gasteiger partial charge in [-0.1, -0.05) is 16.8 Å². The van der Waals surface area contributed by atoms with Crippen LogP contribution in [-0.4, -0.2) is 48.7 Å². The molecule has 2 fully saturated rings. The van der Waals surface area contributed by atoms with Gasteiger partial charge in [-0.15, -0.1) is 5.10 Å². The summed E-state index contributed by atoms with van der Waals surface area (Å²) in [6, 6.07) is 5.83. The Balaban J connectivity index is 1.38. The van der Waals surface area contributed by atoms with Crippen LogP contribution < -0.4 is 4.74 Å². The number of fused-ring (bicyclic) bond motifs is 1. The normalized spacial score (nSPS) is 19.1. The number of likely N-dealkylation sites (tertiary alicyclic amines) is 1. The Morgan fingerprint density at radius 2 is 2.06 bits per heavy atom. The van der Waals surface area contributed by atoms with Crippen molar-refractivity contribution < 1.29 is 9.84 Å². The molecule has 1 saturated heterocycles. The molecule has 2 aliphatic rings. The van der Waals surface area contributed by atoms with E-state index in [0.717, 1.165) is 59.5 Å². The molecule has 0 radical (unpaired) electrons. The molecule has 5 rings (SSSR count). The molecule has 0 unspecified atom stereocenters. The number of piperidine rings is 1. The van der Waals surface area contributed by atoms with Gasteiger partial charge < -0.3 is 9.84 Å². The average Bonchev–Trinajstić information content (AvgIpc) is 3.46. The van der Waals surface area contributed by atoms with Gasteiger partial charge in [0.1, 0.15) is 11.3 Å². The van der Waals surface area contributed by atoms with Crippen molar-refractivity contribution in [1.82, 2.24) is 24.9 Å². The monoisotopic (exact) mass is 505 g/mol. The third kappa shape index (κ3) is 4.72. The van der Waals surface area contributed by atoms with E-state index in [1.807, 2.05) is 29.8 Å². The molecule has 3 aromatic rings. The second-order valence-electron chi connectivity index (χ2n) is 8.95. The summed E-state index contributed by atoms with van der Waals surface area (Å²) >= 11 is 9.89. The first-order chi connectivity index (χ1) is 14.9. The molecular weight excluding hydrogens is 482 g/mol. The summed E-state index contributed by atoms with van der Waals surface area (Å²) < 4.78 is 8.96. The summed E-state index contributed by atoms with van der Waals surface area (Å²) in [6.45, 7) is 5.11. The molecule has 9 heteroatoms. The summed E-state index contributed by atoms with van der Waals surface area (Å²) in [5.74, 6) is 1.88. The van der Waals surface area contributed by atoms with E-state index < -0.39 is 5.60 Å². The van der Waals surface area contributed by atoms with Crippen molar-refractivity contribution in [3.05, 3.63) is 39.5 Å². The van der Waals surface area contributed by atoms with E-state index in [0.29, 0.717) is 23.2 Å². The third-order valence-corrected chi connectivity index (χ3v) is 7.12. The van der Waals surface area contributed by atoms with Crippen LogP contribution in [0.15, 0.2) is 28.9 Å². The first kappa shape index (κ1) is 21.1. The molecule has 0 spiro atoms. The van der Waals surface area contributed by atoms with E-state index in [1.54, 1.807) is 6.20 Å². The molecule has 3 heterocycles. The lowest BCUT2D eigenvalue weighted by molar-refractivity contribution is -0.00742. The lowest BCUT2D eigenvalue weighted by atomic mass is 9.93. The fourth-order valence-corrected chi connectivity index (χ4v) is 4.63. The molecule has 7 nitrogen and oxygen atoms in total. The van der Waals surface area contributed by atoms with E-state index in [-0.39, 0.29) is 0 Å². The molecule has 1 aliphatic carbocycles. The highest BCUT2D eigenvalue weighted by molar-refractivity contribution is 9.10. The molecule has 2 aromatic heterocycles. The van der Waals surface area contributed by atoms with Gasteiger partial charge in [0.15, 0.2) is 0 Å². The molecule has 1 aliphatic heterocycles. The molecule has 0 atom stereocenters. The molecule has 164 valence electrons. The number of ether oxygens (including phenoxy) is 1.